The van der Waals surface area contributed by atoms with E-state index in [0.717, 1.165) is 39.7 Å². The predicted octanol–water partition coefficient (Wildman–Crippen LogP) is 7.89. The van der Waals surface area contributed by atoms with Crippen LogP contribution in [0, 0.1) is 0 Å². The number of ketones is 2. The van der Waals surface area contributed by atoms with Gasteiger partial charge in [0.1, 0.15) is 5.71 Å². The zero-order chi connectivity index (χ0) is 29.6. The van der Waals surface area contributed by atoms with Gasteiger partial charge in [-0.15, -0.1) is 11.8 Å². The largest absolute Gasteiger partial charge is 0.341 e. The number of hydrogen-bond acceptors (Lipinski definition) is 6. The van der Waals surface area contributed by atoms with Gasteiger partial charge in [-0.2, -0.15) is 0 Å². The Bertz CT molecular complexity index is 1800. The van der Waals surface area contributed by atoms with Gasteiger partial charge in [0.25, 0.3) is 0 Å². The van der Waals surface area contributed by atoms with Crippen molar-refractivity contribution in [2.75, 3.05) is 5.75 Å². The number of benzene rings is 4. The van der Waals surface area contributed by atoms with Gasteiger partial charge in [-0.3, -0.25) is 9.59 Å². The van der Waals surface area contributed by atoms with E-state index in [4.69, 9.17) is 4.84 Å². The van der Waals surface area contributed by atoms with Gasteiger partial charge in [0, 0.05) is 69.0 Å². The number of thioether (sulfide) groups is 1. The Morgan fingerprint density at radius 1 is 0.786 bits per heavy atom. The summed E-state index contributed by atoms with van der Waals surface area (Å²) in [4.78, 5) is 44.5. The minimum atomic E-state index is -0.583. The highest BCUT2D eigenvalue weighted by Gasteiger charge is 2.20. The minimum Gasteiger partial charge on any atom is -0.341 e. The number of nitrogens with zero attached hydrogens (tertiary/aromatic N) is 2. The van der Waals surface area contributed by atoms with Crippen molar-refractivity contribution in [3.8, 4) is 0 Å². The summed E-state index contributed by atoms with van der Waals surface area (Å²) in [5.41, 5.74) is 5.06. The molecule has 0 aliphatic heterocycles. The second-order valence-corrected chi connectivity index (χ2v) is 11.1. The van der Waals surface area contributed by atoms with Crippen molar-refractivity contribution in [3.63, 3.8) is 0 Å². The van der Waals surface area contributed by atoms with E-state index < -0.39 is 5.97 Å². The quantitative estimate of drug-likeness (QED) is 0.0525. The summed E-state index contributed by atoms with van der Waals surface area (Å²) in [7, 11) is 0. The molecular formula is C35H32N2O4S. The lowest BCUT2D eigenvalue weighted by atomic mass is 9.99. The first-order chi connectivity index (χ1) is 20.4. The third-order valence-electron chi connectivity index (χ3n) is 7.23. The molecule has 0 amide bonds. The number of oxime groups is 1. The average molecular weight is 577 g/mol. The van der Waals surface area contributed by atoms with E-state index >= 15 is 0 Å². The van der Waals surface area contributed by atoms with E-state index in [9.17, 15) is 14.4 Å². The summed E-state index contributed by atoms with van der Waals surface area (Å²) in [6.45, 7) is 6.18. The zero-order valence-corrected chi connectivity index (χ0v) is 24.7. The second kappa shape index (κ2) is 13.0. The molecule has 0 aliphatic carbocycles. The molecule has 1 aromatic heterocycles. The van der Waals surface area contributed by atoms with Crippen LogP contribution in [0.3, 0.4) is 0 Å². The molecule has 0 bridgehead atoms. The van der Waals surface area contributed by atoms with Crippen molar-refractivity contribution < 1.29 is 19.2 Å². The van der Waals surface area contributed by atoms with E-state index in [2.05, 4.69) is 47.8 Å². The molecule has 4 aromatic carbocycles. The van der Waals surface area contributed by atoms with Gasteiger partial charge in [-0.1, -0.05) is 54.5 Å². The highest BCUT2D eigenvalue weighted by atomic mass is 32.2. The topological polar surface area (TPSA) is 77.7 Å². The van der Waals surface area contributed by atoms with E-state index in [1.54, 1.807) is 30.0 Å². The Morgan fingerprint density at radius 3 is 2.05 bits per heavy atom. The molecule has 0 saturated carbocycles. The molecular weight excluding hydrogens is 544 g/mol. The first-order valence-electron chi connectivity index (χ1n) is 14.1. The number of hydrogen-bond donors (Lipinski definition) is 0. The Balaban J connectivity index is 1.47. The third kappa shape index (κ3) is 6.21. The van der Waals surface area contributed by atoms with E-state index in [0.29, 0.717) is 28.9 Å². The van der Waals surface area contributed by atoms with E-state index in [1.165, 1.54) is 12.5 Å². The summed E-state index contributed by atoms with van der Waals surface area (Å²) >= 11 is 1.62. The van der Waals surface area contributed by atoms with Crippen LogP contribution in [-0.4, -0.2) is 33.6 Å². The van der Waals surface area contributed by atoms with Crippen LogP contribution >= 0.6 is 11.8 Å². The molecule has 0 fully saturated rings. The molecule has 212 valence electrons. The molecule has 6 nitrogen and oxygen atoms in total. The zero-order valence-electron chi connectivity index (χ0n) is 23.9. The molecule has 0 saturated heterocycles. The maximum absolute atomic E-state index is 13.7. The van der Waals surface area contributed by atoms with Crippen LogP contribution in [0.2, 0.25) is 0 Å². The smallest absolute Gasteiger partial charge is 0.331 e. The summed E-state index contributed by atoms with van der Waals surface area (Å²) < 4.78 is 2.17. The molecule has 5 rings (SSSR count). The van der Waals surface area contributed by atoms with Crippen LogP contribution in [0.4, 0.5) is 0 Å². The fourth-order valence-electron chi connectivity index (χ4n) is 5.06. The van der Waals surface area contributed by atoms with Crippen molar-refractivity contribution in [2.45, 2.75) is 45.1 Å². The van der Waals surface area contributed by atoms with Crippen molar-refractivity contribution in [1.82, 2.24) is 4.57 Å². The van der Waals surface area contributed by atoms with Crippen LogP contribution in [0.1, 0.15) is 59.0 Å². The SMILES string of the molecule is CCc1ccc(SCC/C(=N\OC(C)=O)C(=O)c2ccc3c(c2)c2cc(C(=O)c4ccccc4)ccc2n3CC)cc1. The van der Waals surface area contributed by atoms with Gasteiger partial charge in [0.2, 0.25) is 5.78 Å². The number of aromatic nitrogens is 1. The lowest BCUT2D eigenvalue weighted by molar-refractivity contribution is -0.140. The van der Waals surface area contributed by atoms with E-state index in [-0.39, 0.29) is 17.3 Å². The molecule has 0 N–H and O–H groups in total. The van der Waals surface area contributed by atoms with Crippen molar-refractivity contribution in [1.29, 1.82) is 0 Å². The Kier molecular flexibility index (Phi) is 8.98. The molecule has 0 radical (unpaired) electrons. The highest BCUT2D eigenvalue weighted by molar-refractivity contribution is 7.99. The molecule has 0 spiro atoms. The summed E-state index contributed by atoms with van der Waals surface area (Å²) in [6, 6.07) is 28.8. The fraction of sp³-hybridized carbons (Fsp3) is 0.200. The standard InChI is InChI=1S/C35H32N2O4S/c1-4-24-11-15-28(16-12-24)42-20-19-31(36-41-23(3)38)35(40)27-14-18-33-30(22-27)29-21-26(13-17-32(29)37(33)5-2)34(39)25-9-7-6-8-10-25/h6-18,21-22H,4-5,19-20H2,1-3H3/b36-31+. The van der Waals surface area contributed by atoms with E-state index in [1.807, 2.05) is 48.5 Å². The number of Topliss-reactive ketones (excluding diaryl/α,β-unsaturated/α-hetero) is 1. The van der Waals surface area contributed by atoms with Crippen molar-refractivity contribution in [2.24, 2.45) is 5.16 Å². The molecule has 0 unspecified atom stereocenters. The maximum Gasteiger partial charge on any atom is 0.331 e. The molecule has 0 atom stereocenters. The normalized spacial score (nSPS) is 11.6. The Labute approximate surface area is 249 Å². The fourth-order valence-corrected chi connectivity index (χ4v) is 5.92. The monoisotopic (exact) mass is 576 g/mol. The minimum absolute atomic E-state index is 0.0558. The van der Waals surface area contributed by atoms with Crippen molar-refractivity contribution in [3.05, 3.63) is 113 Å². The molecule has 42 heavy (non-hydrogen) atoms. The predicted molar refractivity (Wildman–Crippen MR) is 170 cm³/mol. The Hall–Kier alpha value is -4.49. The van der Waals surface area contributed by atoms with Gasteiger partial charge in [-0.25, -0.2) is 4.79 Å². The summed E-state index contributed by atoms with van der Waals surface area (Å²) in [5, 5.41) is 5.72. The third-order valence-corrected chi connectivity index (χ3v) is 8.24. The lowest BCUT2D eigenvalue weighted by Crippen LogP contribution is -2.16. The van der Waals surface area contributed by atoms with Crippen LogP contribution in [0.15, 0.2) is 101 Å². The molecule has 1 heterocycles. The van der Waals surface area contributed by atoms with Gasteiger partial charge in [0.15, 0.2) is 5.78 Å². The highest BCUT2D eigenvalue weighted by Crippen LogP contribution is 2.32. The van der Waals surface area contributed by atoms with Crippen LogP contribution in [0.25, 0.3) is 21.8 Å². The van der Waals surface area contributed by atoms with Crippen LogP contribution in [-0.2, 0) is 22.6 Å². The van der Waals surface area contributed by atoms with Gasteiger partial charge >= 0.3 is 5.97 Å². The average Bonchev–Trinajstić information content (AvgIpc) is 3.34. The summed E-state index contributed by atoms with van der Waals surface area (Å²) in [6.07, 6.45) is 1.31. The summed E-state index contributed by atoms with van der Waals surface area (Å²) in [5.74, 6) is -0.339. The number of fused-ring (bicyclic) bond motifs is 3. The molecule has 7 heteroatoms. The van der Waals surface area contributed by atoms with Crippen LogP contribution in [0.5, 0.6) is 0 Å². The Morgan fingerprint density at radius 2 is 1.43 bits per heavy atom. The van der Waals surface area contributed by atoms with Gasteiger partial charge in [-0.05, 0) is 67.4 Å². The number of carbonyl (C=O) groups excluding carboxylic acids is 3. The van der Waals surface area contributed by atoms with Gasteiger partial charge in [0.05, 0.1) is 0 Å². The molecule has 0 aliphatic rings. The maximum atomic E-state index is 13.7. The van der Waals surface area contributed by atoms with Crippen molar-refractivity contribution >= 4 is 56.8 Å². The first kappa shape index (κ1) is 29.0. The lowest BCUT2D eigenvalue weighted by Gasteiger charge is -2.07. The van der Waals surface area contributed by atoms with Crippen LogP contribution < -0.4 is 0 Å². The number of carbonyl (C=O) groups is 3. The number of aryl methyl sites for hydroxylation is 2. The second-order valence-electron chi connectivity index (χ2n) is 9.95. The van der Waals surface area contributed by atoms with Gasteiger partial charge < -0.3 is 9.40 Å². The first-order valence-corrected chi connectivity index (χ1v) is 15.0. The molecule has 5 aromatic rings. The number of rotatable bonds is 11.